The summed E-state index contributed by atoms with van der Waals surface area (Å²) in [7, 11) is 0. The molecular formula is C19H22O2. The van der Waals surface area contributed by atoms with Crippen LogP contribution in [0.5, 0.6) is 0 Å². The lowest BCUT2D eigenvalue weighted by atomic mass is 9.83. The summed E-state index contributed by atoms with van der Waals surface area (Å²) in [5.41, 5.74) is 1.74. The van der Waals surface area contributed by atoms with Gasteiger partial charge in [-0.15, -0.1) is 0 Å². The second-order valence-corrected chi connectivity index (χ2v) is 5.74. The number of carbonyl (C=O) groups is 1. The molecule has 0 amide bonds. The molecule has 0 aliphatic rings. The van der Waals surface area contributed by atoms with E-state index in [1.165, 1.54) is 5.56 Å². The maximum Gasteiger partial charge on any atom is 0.191 e. The summed E-state index contributed by atoms with van der Waals surface area (Å²) in [6.45, 7) is 4.24. The molecule has 0 fully saturated rings. The van der Waals surface area contributed by atoms with Crippen molar-refractivity contribution >= 4 is 5.78 Å². The quantitative estimate of drug-likeness (QED) is 0.811. The maximum atomic E-state index is 12.3. The highest BCUT2D eigenvalue weighted by molar-refractivity contribution is 5.99. The summed E-state index contributed by atoms with van der Waals surface area (Å²) in [5.74, 6) is 0.344. The first-order chi connectivity index (χ1) is 10.1. The van der Waals surface area contributed by atoms with Gasteiger partial charge in [-0.3, -0.25) is 4.79 Å². The van der Waals surface area contributed by atoms with Crippen LogP contribution in [0.1, 0.15) is 42.1 Å². The minimum absolute atomic E-state index is 0.175. The standard InChI is InChI=1S/C19H22O2/c1-14(2)17(15-9-5-3-6-10-15)13-18(20)19(21)16-11-7-4-8-12-16/h3-12,14,17-18,20H,13H2,1-2H3. The van der Waals surface area contributed by atoms with Gasteiger partial charge in [-0.2, -0.15) is 0 Å². The predicted molar refractivity (Wildman–Crippen MR) is 85.4 cm³/mol. The molecule has 2 aromatic rings. The largest absolute Gasteiger partial charge is 0.385 e. The number of aliphatic hydroxyl groups is 1. The van der Waals surface area contributed by atoms with E-state index in [1.54, 1.807) is 12.1 Å². The van der Waals surface area contributed by atoms with Crippen molar-refractivity contribution < 1.29 is 9.90 Å². The van der Waals surface area contributed by atoms with Crippen LogP contribution in [0.25, 0.3) is 0 Å². The van der Waals surface area contributed by atoms with Crippen LogP contribution < -0.4 is 0 Å². The smallest absolute Gasteiger partial charge is 0.191 e. The fourth-order valence-corrected chi connectivity index (χ4v) is 2.64. The van der Waals surface area contributed by atoms with Gasteiger partial charge in [0.15, 0.2) is 5.78 Å². The molecule has 21 heavy (non-hydrogen) atoms. The lowest BCUT2D eigenvalue weighted by Crippen LogP contribution is -2.25. The Kier molecular flexibility index (Phi) is 5.29. The fraction of sp³-hybridized carbons (Fsp3) is 0.316. The van der Waals surface area contributed by atoms with Crippen molar-refractivity contribution in [2.75, 3.05) is 0 Å². The van der Waals surface area contributed by atoms with Gasteiger partial charge in [0, 0.05) is 5.56 Å². The lowest BCUT2D eigenvalue weighted by Gasteiger charge is -2.23. The van der Waals surface area contributed by atoms with Crippen LogP contribution in [-0.4, -0.2) is 17.0 Å². The summed E-state index contributed by atoms with van der Waals surface area (Å²) >= 11 is 0. The van der Waals surface area contributed by atoms with E-state index in [0.717, 1.165) is 0 Å². The molecule has 2 nitrogen and oxygen atoms in total. The normalized spacial score (nSPS) is 13.9. The fourth-order valence-electron chi connectivity index (χ4n) is 2.64. The van der Waals surface area contributed by atoms with Crippen LogP contribution >= 0.6 is 0 Å². The third kappa shape index (κ3) is 4.02. The average Bonchev–Trinajstić information content (AvgIpc) is 2.53. The van der Waals surface area contributed by atoms with Crippen molar-refractivity contribution in [2.24, 2.45) is 5.92 Å². The number of carbonyl (C=O) groups excluding carboxylic acids is 1. The molecule has 0 spiro atoms. The van der Waals surface area contributed by atoms with Gasteiger partial charge < -0.3 is 5.11 Å². The van der Waals surface area contributed by atoms with E-state index in [1.807, 2.05) is 36.4 Å². The van der Waals surface area contributed by atoms with Gasteiger partial charge in [0.2, 0.25) is 0 Å². The van der Waals surface area contributed by atoms with Gasteiger partial charge >= 0.3 is 0 Å². The van der Waals surface area contributed by atoms with Gasteiger partial charge in [-0.25, -0.2) is 0 Å². The first-order valence-corrected chi connectivity index (χ1v) is 7.42. The van der Waals surface area contributed by atoms with Crippen molar-refractivity contribution in [2.45, 2.75) is 32.3 Å². The van der Waals surface area contributed by atoms with Crippen LogP contribution in [0.3, 0.4) is 0 Å². The Bertz CT molecular complexity index is 561. The second kappa shape index (κ2) is 7.19. The van der Waals surface area contributed by atoms with Crippen LogP contribution in [0.15, 0.2) is 60.7 Å². The van der Waals surface area contributed by atoms with Crippen molar-refractivity contribution in [3.8, 4) is 0 Å². The monoisotopic (exact) mass is 282 g/mol. The molecule has 1 N–H and O–H groups in total. The number of Topliss-reactive ketones (excluding diaryl/α,β-unsaturated/α-hetero) is 1. The SMILES string of the molecule is CC(C)C(CC(O)C(=O)c1ccccc1)c1ccccc1. The maximum absolute atomic E-state index is 12.3. The Balaban J connectivity index is 2.12. The molecule has 2 unspecified atom stereocenters. The summed E-state index contributed by atoms with van der Waals surface area (Å²) in [5, 5.41) is 10.3. The number of aliphatic hydroxyl groups excluding tert-OH is 1. The average molecular weight is 282 g/mol. The van der Waals surface area contributed by atoms with E-state index in [4.69, 9.17) is 0 Å². The van der Waals surface area contributed by atoms with E-state index in [9.17, 15) is 9.90 Å². The highest BCUT2D eigenvalue weighted by Crippen LogP contribution is 2.29. The van der Waals surface area contributed by atoms with Crippen molar-refractivity contribution in [1.29, 1.82) is 0 Å². The van der Waals surface area contributed by atoms with Crippen LogP contribution in [0.4, 0.5) is 0 Å². The highest BCUT2D eigenvalue weighted by atomic mass is 16.3. The van der Waals surface area contributed by atoms with Crippen LogP contribution in [-0.2, 0) is 0 Å². The molecule has 2 aromatic carbocycles. The molecule has 0 saturated heterocycles. The first-order valence-electron chi connectivity index (χ1n) is 7.42. The summed E-state index contributed by atoms with van der Waals surface area (Å²) < 4.78 is 0. The Morgan fingerprint density at radius 3 is 2.00 bits per heavy atom. The van der Waals surface area contributed by atoms with E-state index in [2.05, 4.69) is 26.0 Å². The number of hydrogen-bond acceptors (Lipinski definition) is 2. The summed E-state index contributed by atoms with van der Waals surface area (Å²) in [6, 6.07) is 19.1. The molecule has 2 heteroatoms. The molecular weight excluding hydrogens is 260 g/mol. The molecule has 0 saturated carbocycles. The van der Waals surface area contributed by atoms with E-state index < -0.39 is 6.10 Å². The topological polar surface area (TPSA) is 37.3 Å². The zero-order valence-corrected chi connectivity index (χ0v) is 12.6. The van der Waals surface area contributed by atoms with Gasteiger partial charge in [0.25, 0.3) is 0 Å². The second-order valence-electron chi connectivity index (χ2n) is 5.74. The number of rotatable bonds is 6. The minimum atomic E-state index is -0.958. The zero-order chi connectivity index (χ0) is 15.2. The van der Waals surface area contributed by atoms with E-state index >= 15 is 0 Å². The first kappa shape index (κ1) is 15.5. The molecule has 0 aromatic heterocycles. The third-order valence-electron chi connectivity index (χ3n) is 3.87. The Morgan fingerprint density at radius 2 is 1.48 bits per heavy atom. The van der Waals surface area contributed by atoms with E-state index in [-0.39, 0.29) is 11.7 Å². The molecule has 0 radical (unpaired) electrons. The lowest BCUT2D eigenvalue weighted by molar-refractivity contribution is 0.0703. The number of benzene rings is 2. The molecule has 2 rings (SSSR count). The van der Waals surface area contributed by atoms with E-state index in [0.29, 0.717) is 17.9 Å². The summed E-state index contributed by atoms with van der Waals surface area (Å²) in [4.78, 5) is 12.3. The predicted octanol–water partition coefficient (Wildman–Crippen LogP) is 4.06. The van der Waals surface area contributed by atoms with Crippen molar-refractivity contribution in [3.05, 3.63) is 71.8 Å². The Hall–Kier alpha value is -1.93. The zero-order valence-electron chi connectivity index (χ0n) is 12.6. The van der Waals surface area contributed by atoms with Crippen molar-refractivity contribution in [3.63, 3.8) is 0 Å². The number of hydrogen-bond donors (Lipinski definition) is 1. The molecule has 0 aliphatic carbocycles. The molecule has 2 atom stereocenters. The molecule has 0 bridgehead atoms. The molecule has 0 heterocycles. The third-order valence-corrected chi connectivity index (χ3v) is 3.87. The number of ketones is 1. The molecule has 110 valence electrons. The van der Waals surface area contributed by atoms with Gasteiger partial charge in [0.05, 0.1) is 0 Å². The van der Waals surface area contributed by atoms with Gasteiger partial charge in [0.1, 0.15) is 6.10 Å². The molecule has 0 aliphatic heterocycles. The van der Waals surface area contributed by atoms with Gasteiger partial charge in [-0.1, -0.05) is 74.5 Å². The minimum Gasteiger partial charge on any atom is -0.385 e. The van der Waals surface area contributed by atoms with Crippen molar-refractivity contribution in [1.82, 2.24) is 0 Å². The Morgan fingerprint density at radius 1 is 0.952 bits per heavy atom. The van der Waals surface area contributed by atoms with Gasteiger partial charge in [-0.05, 0) is 23.8 Å². The highest BCUT2D eigenvalue weighted by Gasteiger charge is 2.24. The Labute approximate surface area is 126 Å². The van der Waals surface area contributed by atoms with Crippen LogP contribution in [0.2, 0.25) is 0 Å². The van der Waals surface area contributed by atoms with Crippen LogP contribution in [0, 0.1) is 5.92 Å². The summed E-state index contributed by atoms with van der Waals surface area (Å²) in [6.07, 6.45) is -0.505.